The molecule has 1 amide bonds. The van der Waals surface area contributed by atoms with Gasteiger partial charge in [-0.25, -0.2) is 4.39 Å². The van der Waals surface area contributed by atoms with E-state index in [1.165, 1.54) is 18.2 Å². The third-order valence-electron chi connectivity index (χ3n) is 3.34. The minimum absolute atomic E-state index is 0.0167. The first-order valence-electron chi connectivity index (χ1n) is 7.00. The van der Waals surface area contributed by atoms with Gasteiger partial charge in [-0.3, -0.25) is 19.7 Å². The van der Waals surface area contributed by atoms with Gasteiger partial charge in [0.1, 0.15) is 5.82 Å². The summed E-state index contributed by atoms with van der Waals surface area (Å²) in [4.78, 5) is 33.6. The molecule has 2 aromatic rings. The number of carboxylic acid groups (broad SMARTS) is 1. The zero-order valence-corrected chi connectivity index (χ0v) is 13.4. The lowest BCUT2D eigenvalue weighted by Crippen LogP contribution is -2.30. The summed E-state index contributed by atoms with van der Waals surface area (Å²) < 4.78 is 13.2. The lowest BCUT2D eigenvalue weighted by atomic mass is 10.0. The predicted molar refractivity (Wildman–Crippen MR) is 87.0 cm³/mol. The zero-order chi connectivity index (χ0) is 18.6. The van der Waals surface area contributed by atoms with Crippen LogP contribution >= 0.6 is 11.6 Å². The Morgan fingerprint density at radius 1 is 1.28 bits per heavy atom. The number of non-ortho nitro benzene ring substituents is 1. The van der Waals surface area contributed by atoms with Crippen molar-refractivity contribution in [3.8, 4) is 0 Å². The van der Waals surface area contributed by atoms with Gasteiger partial charge < -0.3 is 10.4 Å². The third-order valence-corrected chi connectivity index (χ3v) is 3.68. The van der Waals surface area contributed by atoms with Gasteiger partial charge in [0.05, 0.1) is 17.4 Å². The molecule has 0 radical (unpaired) electrons. The molecule has 0 heterocycles. The van der Waals surface area contributed by atoms with Crippen LogP contribution in [0.25, 0.3) is 0 Å². The number of nitrogens with one attached hydrogen (secondary N) is 1. The fraction of sp³-hybridized carbons (Fsp3) is 0.125. The van der Waals surface area contributed by atoms with Crippen molar-refractivity contribution in [2.45, 2.75) is 12.5 Å². The molecule has 0 spiro atoms. The Bertz CT molecular complexity index is 843. The summed E-state index contributed by atoms with van der Waals surface area (Å²) >= 11 is 6.01. The number of benzene rings is 2. The topological polar surface area (TPSA) is 110 Å². The normalized spacial score (nSPS) is 11.6. The van der Waals surface area contributed by atoms with Gasteiger partial charge in [0.2, 0.25) is 0 Å². The van der Waals surface area contributed by atoms with Gasteiger partial charge in [0, 0.05) is 28.3 Å². The molecule has 0 saturated heterocycles. The molecule has 0 aliphatic rings. The van der Waals surface area contributed by atoms with Crippen LogP contribution in [-0.4, -0.2) is 21.9 Å². The van der Waals surface area contributed by atoms with Crippen LogP contribution in [0.15, 0.2) is 42.5 Å². The molecule has 9 heteroatoms. The zero-order valence-electron chi connectivity index (χ0n) is 12.6. The van der Waals surface area contributed by atoms with Crippen molar-refractivity contribution in [2.24, 2.45) is 0 Å². The second-order valence-corrected chi connectivity index (χ2v) is 5.50. The Balaban J connectivity index is 2.36. The van der Waals surface area contributed by atoms with E-state index in [1.54, 1.807) is 0 Å². The first-order valence-corrected chi connectivity index (χ1v) is 7.38. The number of carbonyl (C=O) groups is 2. The molecule has 25 heavy (non-hydrogen) atoms. The van der Waals surface area contributed by atoms with Crippen LogP contribution in [0.5, 0.6) is 0 Å². The Morgan fingerprint density at radius 3 is 2.60 bits per heavy atom. The Labute approximate surface area is 146 Å². The van der Waals surface area contributed by atoms with Crippen LogP contribution in [0.1, 0.15) is 28.4 Å². The maximum atomic E-state index is 13.2. The van der Waals surface area contributed by atoms with Crippen molar-refractivity contribution >= 4 is 29.2 Å². The highest BCUT2D eigenvalue weighted by Crippen LogP contribution is 2.29. The number of carboxylic acids is 1. The van der Waals surface area contributed by atoms with E-state index in [0.717, 1.165) is 24.3 Å². The largest absolute Gasteiger partial charge is 0.481 e. The maximum absolute atomic E-state index is 13.2. The lowest BCUT2D eigenvalue weighted by molar-refractivity contribution is -0.384. The Kier molecular flexibility index (Phi) is 5.66. The highest BCUT2D eigenvalue weighted by Gasteiger charge is 2.23. The molecular weight excluding hydrogens is 355 g/mol. The second-order valence-electron chi connectivity index (χ2n) is 5.10. The first-order chi connectivity index (χ1) is 11.8. The average molecular weight is 367 g/mol. The Hall–Kier alpha value is -3.00. The number of nitrogens with zero attached hydrogens (tertiary/aromatic N) is 1. The lowest BCUT2D eigenvalue weighted by Gasteiger charge is -2.18. The molecule has 0 fully saturated rings. The number of nitro groups is 1. The molecule has 0 aliphatic heterocycles. The smallest absolute Gasteiger partial charge is 0.305 e. The minimum atomic E-state index is -1.24. The van der Waals surface area contributed by atoms with E-state index >= 15 is 0 Å². The molecule has 1 unspecified atom stereocenters. The second kappa shape index (κ2) is 7.71. The van der Waals surface area contributed by atoms with Crippen LogP contribution in [0.2, 0.25) is 5.02 Å². The van der Waals surface area contributed by atoms with Crippen molar-refractivity contribution in [3.05, 3.63) is 74.5 Å². The van der Waals surface area contributed by atoms with Gasteiger partial charge in [-0.2, -0.15) is 0 Å². The molecule has 2 rings (SSSR count). The number of hydrogen-bond donors (Lipinski definition) is 2. The molecule has 7 nitrogen and oxygen atoms in total. The molecule has 2 N–H and O–H groups in total. The molecule has 2 aromatic carbocycles. The van der Waals surface area contributed by atoms with Crippen LogP contribution < -0.4 is 5.32 Å². The van der Waals surface area contributed by atoms with E-state index in [9.17, 15) is 24.1 Å². The standard InChI is InChI=1S/C16H12ClFN2O5/c17-13-5-4-11(20(24)25)7-12(13)14(8-15(21)22)19-16(23)9-2-1-3-10(18)6-9/h1-7,14H,8H2,(H,19,23)(H,21,22). The van der Waals surface area contributed by atoms with Crippen molar-refractivity contribution in [1.29, 1.82) is 0 Å². The average Bonchev–Trinajstić information content (AvgIpc) is 2.54. The number of hydrogen-bond acceptors (Lipinski definition) is 4. The van der Waals surface area contributed by atoms with Crippen LogP contribution in [0.3, 0.4) is 0 Å². The summed E-state index contributed by atoms with van der Waals surface area (Å²) in [5.41, 5.74) is -0.227. The maximum Gasteiger partial charge on any atom is 0.305 e. The molecule has 0 bridgehead atoms. The van der Waals surface area contributed by atoms with Crippen LogP contribution in [0.4, 0.5) is 10.1 Å². The highest BCUT2D eigenvalue weighted by molar-refractivity contribution is 6.31. The van der Waals surface area contributed by atoms with E-state index in [0.29, 0.717) is 0 Å². The van der Waals surface area contributed by atoms with Crippen molar-refractivity contribution < 1.29 is 24.0 Å². The quantitative estimate of drug-likeness (QED) is 0.602. The highest BCUT2D eigenvalue weighted by atomic mass is 35.5. The van der Waals surface area contributed by atoms with Gasteiger partial charge in [-0.15, -0.1) is 0 Å². The van der Waals surface area contributed by atoms with E-state index in [-0.39, 0.29) is 21.8 Å². The van der Waals surface area contributed by atoms with Gasteiger partial charge in [-0.05, 0) is 24.3 Å². The molecule has 0 aliphatic carbocycles. The van der Waals surface area contributed by atoms with E-state index < -0.39 is 35.1 Å². The molecular formula is C16H12ClFN2O5. The van der Waals surface area contributed by atoms with E-state index in [2.05, 4.69) is 5.32 Å². The van der Waals surface area contributed by atoms with Crippen molar-refractivity contribution in [3.63, 3.8) is 0 Å². The van der Waals surface area contributed by atoms with Gasteiger partial charge >= 0.3 is 5.97 Å². The van der Waals surface area contributed by atoms with Gasteiger partial charge in [0.15, 0.2) is 0 Å². The number of nitro benzene ring substituents is 1. The van der Waals surface area contributed by atoms with Crippen molar-refractivity contribution in [2.75, 3.05) is 0 Å². The SMILES string of the molecule is O=C(O)CC(NC(=O)c1cccc(F)c1)c1cc([N+](=O)[O-])ccc1Cl. The minimum Gasteiger partial charge on any atom is -0.481 e. The summed E-state index contributed by atoms with van der Waals surface area (Å²) in [6.45, 7) is 0. The Morgan fingerprint density at radius 2 is 2.00 bits per heavy atom. The monoisotopic (exact) mass is 366 g/mol. The summed E-state index contributed by atoms with van der Waals surface area (Å²) in [6.07, 6.45) is -0.554. The first kappa shape index (κ1) is 18.3. The number of aliphatic carboxylic acids is 1. The fourth-order valence-electron chi connectivity index (χ4n) is 2.20. The molecule has 0 aromatic heterocycles. The summed E-state index contributed by atoms with van der Waals surface area (Å²) in [5, 5.41) is 22.4. The van der Waals surface area contributed by atoms with Gasteiger partial charge in [0.25, 0.3) is 11.6 Å². The number of amides is 1. The predicted octanol–water partition coefficient (Wildman–Crippen LogP) is 3.33. The summed E-state index contributed by atoms with van der Waals surface area (Å²) in [6, 6.07) is 7.21. The van der Waals surface area contributed by atoms with E-state index in [1.807, 2.05) is 0 Å². The summed E-state index contributed by atoms with van der Waals surface area (Å²) in [5.74, 6) is -2.60. The van der Waals surface area contributed by atoms with Crippen molar-refractivity contribution in [1.82, 2.24) is 5.32 Å². The third kappa shape index (κ3) is 4.74. The number of carbonyl (C=O) groups excluding carboxylic acids is 1. The molecule has 0 saturated carbocycles. The van der Waals surface area contributed by atoms with Gasteiger partial charge in [-0.1, -0.05) is 17.7 Å². The molecule has 130 valence electrons. The van der Waals surface area contributed by atoms with Crippen LogP contribution in [0, 0.1) is 15.9 Å². The number of halogens is 2. The fourth-order valence-corrected chi connectivity index (χ4v) is 2.45. The van der Waals surface area contributed by atoms with E-state index in [4.69, 9.17) is 16.7 Å². The number of rotatable bonds is 6. The molecule has 1 atom stereocenters. The summed E-state index contributed by atoms with van der Waals surface area (Å²) in [7, 11) is 0. The van der Waals surface area contributed by atoms with Crippen LogP contribution in [-0.2, 0) is 4.79 Å².